The van der Waals surface area contributed by atoms with Gasteiger partial charge in [-0.25, -0.2) is 0 Å². The summed E-state index contributed by atoms with van der Waals surface area (Å²) in [7, 11) is 0. The zero-order valence-electron chi connectivity index (χ0n) is 5.72. The molecular formula is C7H7NaO. The standard InChI is InChI=1S/C7H8O.Na/c1-6-2-4-7(8)5-3-6;/h2-5,8H,1H3;/q;+1/p-1. The van der Waals surface area contributed by atoms with E-state index < -0.39 is 0 Å². The van der Waals surface area contributed by atoms with Gasteiger partial charge < -0.3 is 5.11 Å². The van der Waals surface area contributed by atoms with Crippen molar-refractivity contribution in [2.45, 2.75) is 6.92 Å². The average Bonchev–Trinajstić information content (AvgIpc) is 1.77. The zero-order chi connectivity index (χ0) is 5.98. The molecule has 0 spiro atoms. The Bertz CT molecular complexity index is 148. The van der Waals surface area contributed by atoms with Gasteiger partial charge in [-0.15, -0.1) is 5.75 Å². The summed E-state index contributed by atoms with van der Waals surface area (Å²) >= 11 is 0. The summed E-state index contributed by atoms with van der Waals surface area (Å²) in [4.78, 5) is 0. The second kappa shape index (κ2) is 3.94. The Labute approximate surface area is 77.0 Å². The van der Waals surface area contributed by atoms with Gasteiger partial charge in [0.05, 0.1) is 0 Å². The Morgan fingerprint density at radius 2 is 1.56 bits per heavy atom. The van der Waals surface area contributed by atoms with E-state index in [0.717, 1.165) is 5.56 Å². The molecular weight excluding hydrogens is 123 g/mol. The molecule has 2 heteroatoms. The van der Waals surface area contributed by atoms with Crippen molar-refractivity contribution in [2.24, 2.45) is 0 Å². The predicted octanol–water partition coefficient (Wildman–Crippen LogP) is -1.93. The fraction of sp³-hybridized carbons (Fsp3) is 0.143. The minimum Gasteiger partial charge on any atom is -0.872 e. The van der Waals surface area contributed by atoms with E-state index in [9.17, 15) is 5.11 Å². The maximum atomic E-state index is 10.4. The van der Waals surface area contributed by atoms with Crippen LogP contribution in [-0.4, -0.2) is 0 Å². The molecule has 0 radical (unpaired) electrons. The van der Waals surface area contributed by atoms with E-state index in [1.54, 1.807) is 12.1 Å². The van der Waals surface area contributed by atoms with Crippen LogP contribution < -0.4 is 34.7 Å². The zero-order valence-corrected chi connectivity index (χ0v) is 7.72. The van der Waals surface area contributed by atoms with E-state index in [0.29, 0.717) is 0 Å². The van der Waals surface area contributed by atoms with Gasteiger partial charge in [-0.05, 0) is 6.92 Å². The molecule has 1 rings (SSSR count). The third-order valence-electron chi connectivity index (χ3n) is 1.02. The van der Waals surface area contributed by atoms with E-state index in [1.165, 1.54) is 0 Å². The Morgan fingerprint density at radius 1 is 1.11 bits per heavy atom. The van der Waals surface area contributed by atoms with Crippen LogP contribution in [0.15, 0.2) is 24.3 Å². The van der Waals surface area contributed by atoms with Gasteiger partial charge in [-0.2, -0.15) is 0 Å². The molecule has 0 saturated carbocycles. The third-order valence-corrected chi connectivity index (χ3v) is 1.02. The molecule has 1 aromatic rings. The molecule has 1 aromatic carbocycles. The van der Waals surface area contributed by atoms with Crippen molar-refractivity contribution >= 4 is 0 Å². The van der Waals surface area contributed by atoms with Crippen LogP contribution in [0.3, 0.4) is 0 Å². The summed E-state index contributed by atoms with van der Waals surface area (Å²) in [5.41, 5.74) is 1.13. The van der Waals surface area contributed by atoms with Crippen LogP contribution >= 0.6 is 0 Å². The second-order valence-corrected chi connectivity index (χ2v) is 1.81. The normalized spacial score (nSPS) is 8.11. The summed E-state index contributed by atoms with van der Waals surface area (Å²) < 4.78 is 0. The van der Waals surface area contributed by atoms with Crippen molar-refractivity contribution in [3.05, 3.63) is 29.8 Å². The first-order valence-corrected chi connectivity index (χ1v) is 2.53. The number of benzene rings is 1. The van der Waals surface area contributed by atoms with Crippen LogP contribution in [0.1, 0.15) is 5.56 Å². The maximum absolute atomic E-state index is 10.4. The molecule has 0 bridgehead atoms. The van der Waals surface area contributed by atoms with E-state index in [2.05, 4.69) is 0 Å². The number of rotatable bonds is 0. The van der Waals surface area contributed by atoms with Crippen LogP contribution in [0.2, 0.25) is 0 Å². The van der Waals surface area contributed by atoms with Gasteiger partial charge in [0.1, 0.15) is 0 Å². The Hall–Kier alpha value is 0.0200. The van der Waals surface area contributed by atoms with Crippen LogP contribution in [-0.2, 0) is 0 Å². The van der Waals surface area contributed by atoms with Gasteiger partial charge in [0.25, 0.3) is 0 Å². The van der Waals surface area contributed by atoms with Crippen molar-refractivity contribution < 1.29 is 34.7 Å². The summed E-state index contributed by atoms with van der Waals surface area (Å²) in [6.07, 6.45) is 0. The van der Waals surface area contributed by atoms with Crippen molar-refractivity contribution in [2.75, 3.05) is 0 Å². The summed E-state index contributed by atoms with van der Waals surface area (Å²) in [6.45, 7) is 1.96. The smallest absolute Gasteiger partial charge is 0.872 e. The largest absolute Gasteiger partial charge is 1.00 e. The van der Waals surface area contributed by atoms with Gasteiger partial charge in [0.2, 0.25) is 0 Å². The second-order valence-electron chi connectivity index (χ2n) is 1.81. The summed E-state index contributed by atoms with van der Waals surface area (Å²) in [5, 5.41) is 10.4. The number of hydrogen-bond acceptors (Lipinski definition) is 1. The van der Waals surface area contributed by atoms with E-state index in [-0.39, 0.29) is 35.3 Å². The first-order valence-electron chi connectivity index (χ1n) is 2.53. The van der Waals surface area contributed by atoms with Crippen LogP contribution in [0.25, 0.3) is 0 Å². The maximum Gasteiger partial charge on any atom is 1.00 e. The predicted molar refractivity (Wildman–Crippen MR) is 30.6 cm³/mol. The van der Waals surface area contributed by atoms with E-state index in [4.69, 9.17) is 0 Å². The molecule has 0 unspecified atom stereocenters. The van der Waals surface area contributed by atoms with Gasteiger partial charge >= 0.3 is 29.6 Å². The molecule has 42 valence electrons. The summed E-state index contributed by atoms with van der Waals surface area (Å²) in [5.74, 6) is 0.0793. The molecule has 0 aliphatic rings. The topological polar surface area (TPSA) is 23.1 Å². The molecule has 0 saturated heterocycles. The molecule has 0 atom stereocenters. The Kier molecular flexibility index (Phi) is 3.95. The van der Waals surface area contributed by atoms with Gasteiger partial charge in [0.15, 0.2) is 0 Å². The minimum absolute atomic E-state index is 0. The molecule has 0 amide bonds. The van der Waals surface area contributed by atoms with Crippen LogP contribution in [0, 0.1) is 6.92 Å². The number of aryl methyl sites for hydroxylation is 1. The Morgan fingerprint density at radius 3 is 1.89 bits per heavy atom. The van der Waals surface area contributed by atoms with Crippen molar-refractivity contribution in [1.82, 2.24) is 0 Å². The quantitative estimate of drug-likeness (QED) is 0.375. The molecule has 9 heavy (non-hydrogen) atoms. The first kappa shape index (κ1) is 9.02. The average molecular weight is 130 g/mol. The minimum atomic E-state index is 0. The fourth-order valence-corrected chi connectivity index (χ4v) is 0.538. The van der Waals surface area contributed by atoms with Gasteiger partial charge in [-0.1, -0.05) is 29.8 Å². The third kappa shape index (κ3) is 2.89. The molecule has 0 fully saturated rings. The molecule has 0 aliphatic heterocycles. The SMILES string of the molecule is Cc1ccc([O-])cc1.[Na+]. The molecule has 0 heterocycles. The fourth-order valence-electron chi connectivity index (χ4n) is 0.538. The van der Waals surface area contributed by atoms with Crippen molar-refractivity contribution in [3.8, 4) is 5.75 Å². The van der Waals surface area contributed by atoms with Gasteiger partial charge in [0, 0.05) is 0 Å². The van der Waals surface area contributed by atoms with E-state index in [1.807, 2.05) is 19.1 Å². The molecule has 1 nitrogen and oxygen atoms in total. The number of hydrogen-bond donors (Lipinski definition) is 0. The van der Waals surface area contributed by atoms with Crippen molar-refractivity contribution in [3.63, 3.8) is 0 Å². The Balaban J connectivity index is 0.000000640. The van der Waals surface area contributed by atoms with Crippen molar-refractivity contribution in [1.29, 1.82) is 0 Å². The molecule has 0 aromatic heterocycles. The van der Waals surface area contributed by atoms with Crippen LogP contribution in [0.4, 0.5) is 0 Å². The molecule has 0 N–H and O–H groups in total. The van der Waals surface area contributed by atoms with Crippen LogP contribution in [0.5, 0.6) is 5.75 Å². The monoisotopic (exact) mass is 130 g/mol. The van der Waals surface area contributed by atoms with E-state index >= 15 is 0 Å². The first-order chi connectivity index (χ1) is 3.79. The summed E-state index contributed by atoms with van der Waals surface area (Å²) in [6, 6.07) is 6.75. The van der Waals surface area contributed by atoms with Gasteiger partial charge in [-0.3, -0.25) is 0 Å². The molecule has 0 aliphatic carbocycles.